The Morgan fingerprint density at radius 3 is 1.48 bits per heavy atom. The Bertz CT molecular complexity index is 381. The van der Waals surface area contributed by atoms with Crippen LogP contribution in [0.5, 0.6) is 0 Å². The van der Waals surface area contributed by atoms with Gasteiger partial charge < -0.3 is 5.11 Å². The summed E-state index contributed by atoms with van der Waals surface area (Å²) in [5.41, 5.74) is 0. The Labute approximate surface area is 156 Å². The summed E-state index contributed by atoms with van der Waals surface area (Å²) in [6.07, 6.45) is 18.0. The van der Waals surface area contributed by atoms with E-state index in [-0.39, 0.29) is 0 Å². The third kappa shape index (κ3) is 17.1. The molecule has 5 heteroatoms. The molecule has 4 nitrogen and oxygen atoms in total. The van der Waals surface area contributed by atoms with E-state index in [0.29, 0.717) is 12.8 Å². The van der Waals surface area contributed by atoms with Crippen molar-refractivity contribution in [3.05, 3.63) is 0 Å². The molecule has 0 saturated carbocycles. The van der Waals surface area contributed by atoms with Gasteiger partial charge in [-0.1, -0.05) is 90.4 Å². The molecule has 0 rings (SSSR count). The van der Waals surface area contributed by atoms with E-state index in [1.807, 2.05) is 0 Å². The van der Waals surface area contributed by atoms with E-state index in [1.165, 1.54) is 77.6 Å². The molecule has 2 unspecified atom stereocenters. The van der Waals surface area contributed by atoms with Crippen LogP contribution in [-0.2, 0) is 10.1 Å². The van der Waals surface area contributed by atoms with E-state index in [2.05, 4.69) is 6.92 Å². The average Bonchev–Trinajstić information content (AvgIpc) is 2.56. The van der Waals surface area contributed by atoms with E-state index in [4.69, 9.17) is 4.55 Å². The first-order chi connectivity index (χ1) is 11.9. The molecule has 2 N–H and O–H groups in total. The molecule has 0 aromatic carbocycles. The van der Waals surface area contributed by atoms with Crippen molar-refractivity contribution in [3.63, 3.8) is 0 Å². The smallest absolute Gasteiger partial charge is 0.267 e. The summed E-state index contributed by atoms with van der Waals surface area (Å²) in [6, 6.07) is 0. The van der Waals surface area contributed by atoms with Crippen LogP contribution in [0.2, 0.25) is 0 Å². The Morgan fingerprint density at radius 1 is 0.680 bits per heavy atom. The van der Waals surface area contributed by atoms with Gasteiger partial charge in [-0.3, -0.25) is 4.55 Å². The zero-order valence-electron chi connectivity index (χ0n) is 16.6. The van der Waals surface area contributed by atoms with Crippen molar-refractivity contribution >= 4 is 10.1 Å². The lowest BCUT2D eigenvalue weighted by Gasteiger charge is -2.13. The Balaban J connectivity index is 3.30. The highest BCUT2D eigenvalue weighted by molar-refractivity contribution is 7.86. The monoisotopic (exact) mass is 378 g/mol. The Kier molecular flexibility index (Phi) is 16.0. The van der Waals surface area contributed by atoms with Gasteiger partial charge in [0.05, 0.1) is 11.4 Å². The van der Waals surface area contributed by atoms with Crippen LogP contribution in [-0.4, -0.2) is 29.4 Å². The summed E-state index contributed by atoms with van der Waals surface area (Å²) in [5.74, 6) is 0. The molecule has 0 aliphatic rings. The van der Waals surface area contributed by atoms with Gasteiger partial charge in [-0.05, 0) is 26.2 Å². The first kappa shape index (κ1) is 24.9. The molecular weight excluding hydrogens is 336 g/mol. The molecular formula is C20H42O4S. The van der Waals surface area contributed by atoms with Gasteiger partial charge in [0.25, 0.3) is 10.1 Å². The van der Waals surface area contributed by atoms with Crippen LogP contribution < -0.4 is 0 Å². The largest absolute Gasteiger partial charge is 0.393 e. The minimum atomic E-state index is -3.96. The molecule has 152 valence electrons. The first-order valence-electron chi connectivity index (χ1n) is 10.5. The van der Waals surface area contributed by atoms with Gasteiger partial charge in [0.15, 0.2) is 0 Å². The van der Waals surface area contributed by atoms with Gasteiger partial charge in [0.2, 0.25) is 0 Å². The molecule has 0 aromatic heterocycles. The van der Waals surface area contributed by atoms with Crippen molar-refractivity contribution in [2.24, 2.45) is 0 Å². The van der Waals surface area contributed by atoms with Gasteiger partial charge >= 0.3 is 0 Å². The van der Waals surface area contributed by atoms with E-state index < -0.39 is 21.5 Å². The standard InChI is InChI=1S/C20H42O4S/c1-3-4-5-6-7-8-9-10-11-12-13-14-15-16-20(21)18-17-19(2)25(22,23)24/h19-21H,3-18H2,1-2H3,(H,22,23,24). The zero-order valence-corrected chi connectivity index (χ0v) is 17.4. The van der Waals surface area contributed by atoms with Crippen molar-refractivity contribution in [2.75, 3.05) is 0 Å². The van der Waals surface area contributed by atoms with Crippen LogP contribution in [0, 0.1) is 0 Å². The summed E-state index contributed by atoms with van der Waals surface area (Å²) >= 11 is 0. The topological polar surface area (TPSA) is 74.6 Å². The van der Waals surface area contributed by atoms with E-state index >= 15 is 0 Å². The fourth-order valence-corrected chi connectivity index (χ4v) is 3.55. The number of hydrogen-bond acceptors (Lipinski definition) is 3. The normalized spacial score (nSPS) is 14.6. The molecule has 0 aliphatic carbocycles. The first-order valence-corrected chi connectivity index (χ1v) is 12.0. The van der Waals surface area contributed by atoms with Crippen LogP contribution >= 0.6 is 0 Å². The lowest BCUT2D eigenvalue weighted by atomic mass is 10.0. The summed E-state index contributed by atoms with van der Waals surface area (Å²) in [6.45, 7) is 3.73. The molecule has 25 heavy (non-hydrogen) atoms. The van der Waals surface area contributed by atoms with Gasteiger partial charge in [0.1, 0.15) is 0 Å². The van der Waals surface area contributed by atoms with E-state index in [1.54, 1.807) is 0 Å². The molecule has 0 heterocycles. The van der Waals surface area contributed by atoms with Gasteiger partial charge in [-0.2, -0.15) is 8.42 Å². The molecule has 0 spiro atoms. The van der Waals surface area contributed by atoms with Crippen molar-refractivity contribution in [3.8, 4) is 0 Å². The van der Waals surface area contributed by atoms with Crippen LogP contribution in [0.15, 0.2) is 0 Å². The molecule has 0 amide bonds. The quantitative estimate of drug-likeness (QED) is 0.230. The molecule has 0 aromatic rings. The lowest BCUT2D eigenvalue weighted by molar-refractivity contribution is 0.148. The maximum atomic E-state index is 10.9. The number of unbranched alkanes of at least 4 members (excludes halogenated alkanes) is 12. The molecule has 0 radical (unpaired) electrons. The fourth-order valence-electron chi connectivity index (χ4n) is 3.12. The van der Waals surface area contributed by atoms with Crippen molar-refractivity contribution in [2.45, 2.75) is 128 Å². The maximum absolute atomic E-state index is 10.9. The number of hydrogen-bond donors (Lipinski definition) is 2. The van der Waals surface area contributed by atoms with Crippen molar-refractivity contribution < 1.29 is 18.1 Å². The molecule has 0 aliphatic heterocycles. The lowest BCUT2D eigenvalue weighted by Crippen LogP contribution is -2.19. The minimum Gasteiger partial charge on any atom is -0.393 e. The fraction of sp³-hybridized carbons (Fsp3) is 1.00. The highest BCUT2D eigenvalue weighted by atomic mass is 32.2. The second kappa shape index (κ2) is 16.1. The summed E-state index contributed by atoms with van der Waals surface area (Å²) in [5, 5.41) is 9.08. The SMILES string of the molecule is CCCCCCCCCCCCCCCC(O)CCC(C)S(=O)(=O)O. The summed E-state index contributed by atoms with van der Waals surface area (Å²) in [7, 11) is -3.96. The number of rotatable bonds is 18. The highest BCUT2D eigenvalue weighted by Crippen LogP contribution is 2.15. The van der Waals surface area contributed by atoms with E-state index in [9.17, 15) is 13.5 Å². The van der Waals surface area contributed by atoms with Gasteiger partial charge in [-0.25, -0.2) is 0 Å². The molecule has 2 atom stereocenters. The van der Waals surface area contributed by atoms with Crippen molar-refractivity contribution in [1.82, 2.24) is 0 Å². The Morgan fingerprint density at radius 2 is 1.08 bits per heavy atom. The van der Waals surface area contributed by atoms with Crippen LogP contribution in [0.25, 0.3) is 0 Å². The van der Waals surface area contributed by atoms with E-state index in [0.717, 1.165) is 19.3 Å². The van der Waals surface area contributed by atoms with Crippen molar-refractivity contribution in [1.29, 1.82) is 0 Å². The number of aliphatic hydroxyl groups is 1. The van der Waals surface area contributed by atoms with Gasteiger partial charge in [0, 0.05) is 0 Å². The molecule has 0 fully saturated rings. The van der Waals surface area contributed by atoms with Crippen LogP contribution in [0.4, 0.5) is 0 Å². The predicted molar refractivity (Wildman–Crippen MR) is 107 cm³/mol. The second-order valence-electron chi connectivity index (χ2n) is 7.59. The summed E-state index contributed by atoms with van der Waals surface area (Å²) in [4.78, 5) is 0. The third-order valence-corrected chi connectivity index (χ3v) is 6.31. The Hall–Kier alpha value is -0.130. The highest BCUT2D eigenvalue weighted by Gasteiger charge is 2.18. The average molecular weight is 379 g/mol. The summed E-state index contributed by atoms with van der Waals surface area (Å²) < 4.78 is 30.7. The third-order valence-electron chi connectivity index (χ3n) is 5.06. The zero-order chi connectivity index (χ0) is 19.0. The number of aliphatic hydroxyl groups excluding tert-OH is 1. The van der Waals surface area contributed by atoms with Crippen LogP contribution in [0.1, 0.15) is 117 Å². The second-order valence-corrected chi connectivity index (χ2v) is 9.42. The molecule has 0 saturated heterocycles. The van der Waals surface area contributed by atoms with Crippen LogP contribution in [0.3, 0.4) is 0 Å². The maximum Gasteiger partial charge on any atom is 0.267 e. The van der Waals surface area contributed by atoms with Gasteiger partial charge in [-0.15, -0.1) is 0 Å². The molecule has 0 bridgehead atoms. The predicted octanol–water partition coefficient (Wildman–Crippen LogP) is 5.89. The minimum absolute atomic E-state index is 0.318.